The monoisotopic (exact) mass is 264 g/mol. The van der Waals surface area contributed by atoms with E-state index in [1.165, 1.54) is 32.1 Å². The van der Waals surface area contributed by atoms with Crippen LogP contribution >= 0.6 is 0 Å². The lowest BCUT2D eigenvalue weighted by Crippen LogP contribution is -2.36. The third kappa shape index (κ3) is 3.77. The van der Waals surface area contributed by atoms with Gasteiger partial charge in [-0.3, -0.25) is 4.90 Å². The molecule has 0 atom stereocenters. The standard InChI is InChI=1S/C16H25FN2/c1-2-19(15-6-4-3-5-7-15)12-14-9-8-13(11-18)10-16(14)17/h8-10,15H,2-7,11-12,18H2,1H3. The van der Waals surface area contributed by atoms with E-state index in [0.717, 1.165) is 24.2 Å². The Labute approximate surface area is 115 Å². The van der Waals surface area contributed by atoms with Gasteiger partial charge in [0.05, 0.1) is 0 Å². The molecule has 1 fully saturated rings. The van der Waals surface area contributed by atoms with Gasteiger partial charge in [-0.1, -0.05) is 38.3 Å². The molecule has 19 heavy (non-hydrogen) atoms. The van der Waals surface area contributed by atoms with Crippen molar-refractivity contribution in [1.29, 1.82) is 0 Å². The molecule has 0 saturated heterocycles. The van der Waals surface area contributed by atoms with Gasteiger partial charge in [0.2, 0.25) is 0 Å². The van der Waals surface area contributed by atoms with E-state index in [9.17, 15) is 4.39 Å². The second-order valence-electron chi connectivity index (χ2n) is 5.48. The van der Waals surface area contributed by atoms with Crippen molar-refractivity contribution in [2.75, 3.05) is 6.54 Å². The Hall–Kier alpha value is -0.930. The van der Waals surface area contributed by atoms with Crippen LogP contribution in [0.1, 0.15) is 50.2 Å². The van der Waals surface area contributed by atoms with Crippen molar-refractivity contribution in [2.45, 2.75) is 58.2 Å². The highest BCUT2D eigenvalue weighted by Crippen LogP contribution is 2.24. The molecule has 0 amide bonds. The fraction of sp³-hybridized carbons (Fsp3) is 0.625. The predicted molar refractivity (Wildman–Crippen MR) is 77.2 cm³/mol. The molecule has 1 saturated carbocycles. The van der Waals surface area contributed by atoms with Crippen LogP contribution in [0.25, 0.3) is 0 Å². The third-order valence-corrected chi connectivity index (χ3v) is 4.22. The van der Waals surface area contributed by atoms with Gasteiger partial charge in [0.1, 0.15) is 5.82 Å². The van der Waals surface area contributed by atoms with E-state index >= 15 is 0 Å². The number of rotatable bonds is 5. The zero-order valence-electron chi connectivity index (χ0n) is 11.9. The normalized spacial score (nSPS) is 17.1. The lowest BCUT2D eigenvalue weighted by atomic mass is 9.94. The van der Waals surface area contributed by atoms with Crippen molar-refractivity contribution in [3.63, 3.8) is 0 Å². The van der Waals surface area contributed by atoms with Gasteiger partial charge in [-0.15, -0.1) is 0 Å². The zero-order chi connectivity index (χ0) is 13.7. The Morgan fingerprint density at radius 3 is 2.58 bits per heavy atom. The molecule has 0 spiro atoms. The average Bonchev–Trinajstić information content (AvgIpc) is 2.47. The molecule has 0 bridgehead atoms. The molecular weight excluding hydrogens is 239 g/mol. The van der Waals surface area contributed by atoms with Gasteiger partial charge in [-0.2, -0.15) is 0 Å². The summed E-state index contributed by atoms with van der Waals surface area (Å²) >= 11 is 0. The summed E-state index contributed by atoms with van der Waals surface area (Å²) in [4.78, 5) is 2.42. The number of benzene rings is 1. The molecule has 1 aliphatic carbocycles. The molecule has 3 heteroatoms. The highest BCUT2D eigenvalue weighted by molar-refractivity contribution is 5.24. The van der Waals surface area contributed by atoms with E-state index in [1.807, 2.05) is 12.1 Å². The largest absolute Gasteiger partial charge is 0.326 e. The number of hydrogen-bond acceptors (Lipinski definition) is 2. The number of hydrogen-bond donors (Lipinski definition) is 1. The number of nitrogens with two attached hydrogens (primary N) is 1. The van der Waals surface area contributed by atoms with Crippen LogP contribution in [0.5, 0.6) is 0 Å². The molecule has 1 aromatic carbocycles. The van der Waals surface area contributed by atoms with Crippen LogP contribution in [0, 0.1) is 5.82 Å². The lowest BCUT2D eigenvalue weighted by molar-refractivity contribution is 0.154. The molecule has 0 unspecified atom stereocenters. The summed E-state index contributed by atoms with van der Waals surface area (Å²) in [6.45, 7) is 4.28. The van der Waals surface area contributed by atoms with Gasteiger partial charge in [0.15, 0.2) is 0 Å². The molecule has 2 nitrogen and oxygen atoms in total. The van der Waals surface area contributed by atoms with E-state index in [1.54, 1.807) is 6.07 Å². The Kier molecular flexibility index (Phi) is 5.34. The maximum Gasteiger partial charge on any atom is 0.128 e. The van der Waals surface area contributed by atoms with Gasteiger partial charge in [0, 0.05) is 24.7 Å². The summed E-state index contributed by atoms with van der Waals surface area (Å²) in [6, 6.07) is 6.03. The van der Waals surface area contributed by atoms with Crippen LogP contribution in [0.4, 0.5) is 4.39 Å². The minimum Gasteiger partial charge on any atom is -0.326 e. The molecule has 0 radical (unpaired) electrons. The maximum atomic E-state index is 14.0. The molecule has 2 rings (SSSR count). The SMILES string of the molecule is CCN(Cc1ccc(CN)cc1F)C1CCCCC1. The molecule has 2 N–H and O–H groups in total. The van der Waals surface area contributed by atoms with E-state index in [-0.39, 0.29) is 5.82 Å². The van der Waals surface area contributed by atoms with Gasteiger partial charge in [0.25, 0.3) is 0 Å². The van der Waals surface area contributed by atoms with Crippen LogP contribution in [-0.2, 0) is 13.1 Å². The fourth-order valence-electron chi connectivity index (χ4n) is 3.01. The van der Waals surface area contributed by atoms with Crippen molar-refractivity contribution in [3.05, 3.63) is 35.1 Å². The maximum absolute atomic E-state index is 14.0. The third-order valence-electron chi connectivity index (χ3n) is 4.22. The van der Waals surface area contributed by atoms with Gasteiger partial charge >= 0.3 is 0 Å². The number of halogens is 1. The Morgan fingerprint density at radius 1 is 1.26 bits per heavy atom. The first-order chi connectivity index (χ1) is 9.24. The van der Waals surface area contributed by atoms with Crippen LogP contribution in [0.3, 0.4) is 0 Å². The van der Waals surface area contributed by atoms with Gasteiger partial charge in [-0.05, 0) is 31.0 Å². The second-order valence-corrected chi connectivity index (χ2v) is 5.48. The first kappa shape index (κ1) is 14.5. The molecular formula is C16H25FN2. The minimum atomic E-state index is -0.114. The number of nitrogens with zero attached hydrogens (tertiary/aromatic N) is 1. The van der Waals surface area contributed by atoms with Gasteiger partial charge < -0.3 is 5.73 Å². The first-order valence-electron chi connectivity index (χ1n) is 7.46. The summed E-state index contributed by atoms with van der Waals surface area (Å²) in [5.74, 6) is -0.114. The first-order valence-corrected chi connectivity index (χ1v) is 7.46. The van der Waals surface area contributed by atoms with Crippen LogP contribution in [0.2, 0.25) is 0 Å². The topological polar surface area (TPSA) is 29.3 Å². The average molecular weight is 264 g/mol. The van der Waals surface area contributed by atoms with Gasteiger partial charge in [-0.25, -0.2) is 4.39 Å². The fourth-order valence-corrected chi connectivity index (χ4v) is 3.01. The Morgan fingerprint density at radius 2 is 2.00 bits per heavy atom. The minimum absolute atomic E-state index is 0.114. The van der Waals surface area contributed by atoms with Crippen LogP contribution < -0.4 is 5.73 Å². The van der Waals surface area contributed by atoms with E-state index in [2.05, 4.69) is 11.8 Å². The zero-order valence-corrected chi connectivity index (χ0v) is 11.9. The Balaban J connectivity index is 2.04. The lowest BCUT2D eigenvalue weighted by Gasteiger charge is -2.33. The summed E-state index contributed by atoms with van der Waals surface area (Å²) in [6.07, 6.45) is 6.51. The van der Waals surface area contributed by atoms with E-state index in [4.69, 9.17) is 5.73 Å². The quantitative estimate of drug-likeness (QED) is 0.882. The second kappa shape index (κ2) is 7.01. The highest BCUT2D eigenvalue weighted by Gasteiger charge is 2.20. The molecule has 0 aromatic heterocycles. The summed E-state index contributed by atoms with van der Waals surface area (Å²) < 4.78 is 14.0. The van der Waals surface area contributed by atoms with E-state index < -0.39 is 0 Å². The smallest absolute Gasteiger partial charge is 0.128 e. The summed E-state index contributed by atoms with van der Waals surface area (Å²) in [5.41, 5.74) is 7.19. The Bertz CT molecular complexity index is 400. The predicted octanol–water partition coefficient (Wildman–Crippen LogP) is 3.44. The van der Waals surface area contributed by atoms with Crippen molar-refractivity contribution >= 4 is 0 Å². The summed E-state index contributed by atoms with van der Waals surface area (Å²) in [7, 11) is 0. The molecule has 1 aromatic rings. The van der Waals surface area contributed by atoms with E-state index in [0.29, 0.717) is 12.6 Å². The van der Waals surface area contributed by atoms with Crippen molar-refractivity contribution < 1.29 is 4.39 Å². The molecule has 0 heterocycles. The van der Waals surface area contributed by atoms with Crippen molar-refractivity contribution in [1.82, 2.24) is 4.90 Å². The van der Waals surface area contributed by atoms with Crippen LogP contribution in [0.15, 0.2) is 18.2 Å². The summed E-state index contributed by atoms with van der Waals surface area (Å²) in [5, 5.41) is 0. The highest BCUT2D eigenvalue weighted by atomic mass is 19.1. The van der Waals surface area contributed by atoms with Crippen molar-refractivity contribution in [3.8, 4) is 0 Å². The molecule has 106 valence electrons. The molecule has 0 aliphatic heterocycles. The van der Waals surface area contributed by atoms with Crippen LogP contribution in [-0.4, -0.2) is 17.5 Å². The van der Waals surface area contributed by atoms with Crippen molar-refractivity contribution in [2.24, 2.45) is 5.73 Å². The molecule has 1 aliphatic rings.